The number of benzene rings is 1. The smallest absolute Gasteiger partial charge is 0.231 e. The standard InChI is InChI=1S/C16H14O4S/c17-8-2-1-3-13-5-6-14(21-13)10-18-12-4-7-15-16(9-12)20-11-19-15/h4-7,9,17H,2,8,10-11H2. The highest BCUT2D eigenvalue weighted by atomic mass is 32.1. The van der Waals surface area contributed by atoms with Gasteiger partial charge in [-0.05, 0) is 24.3 Å². The van der Waals surface area contributed by atoms with Crippen molar-refractivity contribution in [1.29, 1.82) is 0 Å². The van der Waals surface area contributed by atoms with Gasteiger partial charge in [-0.15, -0.1) is 11.3 Å². The van der Waals surface area contributed by atoms with E-state index in [1.165, 1.54) is 0 Å². The summed E-state index contributed by atoms with van der Waals surface area (Å²) in [5.74, 6) is 8.14. The molecule has 1 aliphatic heterocycles. The molecule has 1 aromatic carbocycles. The van der Waals surface area contributed by atoms with Gasteiger partial charge in [-0.3, -0.25) is 0 Å². The maximum absolute atomic E-state index is 8.69. The molecule has 108 valence electrons. The zero-order valence-electron chi connectivity index (χ0n) is 11.3. The average molecular weight is 302 g/mol. The van der Waals surface area contributed by atoms with Crippen LogP contribution in [0.3, 0.4) is 0 Å². The second-order valence-corrected chi connectivity index (χ2v) is 5.51. The van der Waals surface area contributed by atoms with E-state index in [4.69, 9.17) is 19.3 Å². The van der Waals surface area contributed by atoms with Crippen molar-refractivity contribution in [3.05, 3.63) is 40.1 Å². The fourth-order valence-corrected chi connectivity index (χ4v) is 2.64. The Hall–Kier alpha value is -2.16. The highest BCUT2D eigenvalue weighted by molar-refractivity contribution is 7.12. The zero-order chi connectivity index (χ0) is 14.5. The number of hydrogen-bond acceptors (Lipinski definition) is 5. The number of ether oxygens (including phenoxy) is 3. The average Bonchev–Trinajstić information content (AvgIpc) is 3.13. The van der Waals surface area contributed by atoms with Crippen molar-refractivity contribution in [3.8, 4) is 29.1 Å². The van der Waals surface area contributed by atoms with E-state index in [0.717, 1.165) is 21.3 Å². The van der Waals surface area contributed by atoms with Crippen LogP contribution >= 0.6 is 11.3 Å². The van der Waals surface area contributed by atoms with Gasteiger partial charge in [0.1, 0.15) is 12.4 Å². The predicted octanol–water partition coefficient (Wildman–Crippen LogP) is 2.79. The third-order valence-electron chi connectivity index (χ3n) is 2.84. The molecule has 1 aromatic heterocycles. The summed E-state index contributed by atoms with van der Waals surface area (Å²) < 4.78 is 16.3. The van der Waals surface area contributed by atoms with Gasteiger partial charge < -0.3 is 19.3 Å². The Labute approximate surface area is 126 Å². The fourth-order valence-electron chi connectivity index (χ4n) is 1.85. The minimum Gasteiger partial charge on any atom is -0.488 e. The molecular weight excluding hydrogens is 288 g/mol. The molecule has 0 radical (unpaired) electrons. The number of fused-ring (bicyclic) bond motifs is 1. The molecule has 4 nitrogen and oxygen atoms in total. The molecule has 21 heavy (non-hydrogen) atoms. The van der Waals surface area contributed by atoms with Crippen LogP contribution < -0.4 is 14.2 Å². The third kappa shape index (κ3) is 3.48. The van der Waals surface area contributed by atoms with E-state index >= 15 is 0 Å². The molecule has 1 aliphatic rings. The molecule has 0 aliphatic carbocycles. The molecule has 1 N–H and O–H groups in total. The van der Waals surface area contributed by atoms with Crippen LogP contribution in [0.4, 0.5) is 0 Å². The van der Waals surface area contributed by atoms with E-state index in [-0.39, 0.29) is 13.4 Å². The first-order chi connectivity index (χ1) is 10.3. The number of hydrogen-bond donors (Lipinski definition) is 1. The van der Waals surface area contributed by atoms with E-state index in [1.807, 2.05) is 30.3 Å². The molecule has 0 saturated carbocycles. The second-order valence-electron chi connectivity index (χ2n) is 4.35. The molecule has 0 unspecified atom stereocenters. The SMILES string of the molecule is OCCC#Cc1ccc(COc2ccc3c(c2)OCO3)s1. The lowest BCUT2D eigenvalue weighted by molar-refractivity contribution is 0.173. The minimum absolute atomic E-state index is 0.0957. The minimum atomic E-state index is 0.0957. The first-order valence-electron chi connectivity index (χ1n) is 6.56. The Bertz CT molecular complexity index is 681. The molecule has 0 bridgehead atoms. The Kier molecular flexibility index (Phi) is 4.29. The van der Waals surface area contributed by atoms with Gasteiger partial charge in [-0.2, -0.15) is 0 Å². The van der Waals surface area contributed by atoms with Crippen LogP contribution in [0.15, 0.2) is 30.3 Å². The molecule has 0 spiro atoms. The first kappa shape index (κ1) is 13.8. The highest BCUT2D eigenvalue weighted by Crippen LogP contribution is 2.35. The summed E-state index contributed by atoms with van der Waals surface area (Å²) in [6.07, 6.45) is 0.501. The second kappa shape index (κ2) is 6.53. The van der Waals surface area contributed by atoms with E-state index in [2.05, 4.69) is 11.8 Å². The van der Waals surface area contributed by atoms with Gasteiger partial charge in [0.05, 0.1) is 11.5 Å². The van der Waals surface area contributed by atoms with Crippen molar-refractivity contribution in [2.24, 2.45) is 0 Å². The molecule has 2 aromatic rings. The van der Waals surface area contributed by atoms with Crippen molar-refractivity contribution in [1.82, 2.24) is 0 Å². The van der Waals surface area contributed by atoms with Crippen molar-refractivity contribution in [2.45, 2.75) is 13.0 Å². The van der Waals surface area contributed by atoms with Crippen molar-refractivity contribution >= 4 is 11.3 Å². The summed E-state index contributed by atoms with van der Waals surface area (Å²) in [6.45, 7) is 0.851. The van der Waals surface area contributed by atoms with Crippen LogP contribution in [0.25, 0.3) is 0 Å². The maximum Gasteiger partial charge on any atom is 0.231 e. The Balaban J connectivity index is 1.59. The van der Waals surface area contributed by atoms with Crippen LogP contribution in [-0.2, 0) is 6.61 Å². The summed E-state index contributed by atoms with van der Waals surface area (Å²) in [4.78, 5) is 2.08. The van der Waals surface area contributed by atoms with Gasteiger partial charge in [0.15, 0.2) is 11.5 Å². The van der Waals surface area contributed by atoms with Crippen LogP contribution in [0.1, 0.15) is 16.2 Å². The number of rotatable bonds is 4. The van der Waals surface area contributed by atoms with Crippen LogP contribution in [0, 0.1) is 11.8 Å². The van der Waals surface area contributed by atoms with E-state index in [9.17, 15) is 0 Å². The summed E-state index contributed by atoms with van der Waals surface area (Å²) in [5.41, 5.74) is 0. The Morgan fingerprint density at radius 3 is 3.00 bits per heavy atom. The lowest BCUT2D eigenvalue weighted by atomic mass is 10.3. The van der Waals surface area contributed by atoms with Gasteiger partial charge >= 0.3 is 0 Å². The normalized spacial score (nSPS) is 11.9. The lowest BCUT2D eigenvalue weighted by Gasteiger charge is -2.05. The molecule has 0 saturated heterocycles. The van der Waals surface area contributed by atoms with Gasteiger partial charge in [-0.25, -0.2) is 0 Å². The van der Waals surface area contributed by atoms with Gasteiger partial charge in [-0.1, -0.05) is 11.8 Å². The highest BCUT2D eigenvalue weighted by Gasteiger charge is 2.13. The van der Waals surface area contributed by atoms with Crippen molar-refractivity contribution in [2.75, 3.05) is 13.4 Å². The monoisotopic (exact) mass is 302 g/mol. The molecule has 0 atom stereocenters. The summed E-state index contributed by atoms with van der Waals surface area (Å²) in [7, 11) is 0. The lowest BCUT2D eigenvalue weighted by Crippen LogP contribution is -1.93. The summed E-state index contributed by atoms with van der Waals surface area (Å²) in [6, 6.07) is 9.51. The van der Waals surface area contributed by atoms with Crippen LogP contribution in [-0.4, -0.2) is 18.5 Å². The molecule has 0 fully saturated rings. The molecule has 2 heterocycles. The van der Waals surface area contributed by atoms with E-state index < -0.39 is 0 Å². The summed E-state index contributed by atoms with van der Waals surface area (Å²) in [5, 5.41) is 8.69. The predicted molar refractivity (Wildman–Crippen MR) is 79.8 cm³/mol. The number of aliphatic hydroxyl groups excluding tert-OH is 1. The first-order valence-corrected chi connectivity index (χ1v) is 7.38. The zero-order valence-corrected chi connectivity index (χ0v) is 12.1. The fraction of sp³-hybridized carbons (Fsp3) is 0.250. The quantitative estimate of drug-likeness (QED) is 0.882. The van der Waals surface area contributed by atoms with Gasteiger partial charge in [0.2, 0.25) is 6.79 Å². The van der Waals surface area contributed by atoms with Crippen LogP contribution in [0.2, 0.25) is 0 Å². The van der Waals surface area contributed by atoms with E-state index in [1.54, 1.807) is 11.3 Å². The number of aliphatic hydroxyl groups is 1. The van der Waals surface area contributed by atoms with Crippen molar-refractivity contribution < 1.29 is 19.3 Å². The van der Waals surface area contributed by atoms with E-state index in [0.29, 0.717) is 18.8 Å². The Morgan fingerprint density at radius 2 is 2.10 bits per heavy atom. The maximum atomic E-state index is 8.69. The third-order valence-corrected chi connectivity index (χ3v) is 3.81. The Morgan fingerprint density at radius 1 is 1.19 bits per heavy atom. The number of thiophene rings is 1. The summed E-state index contributed by atoms with van der Waals surface area (Å²) >= 11 is 1.59. The molecule has 0 amide bonds. The topological polar surface area (TPSA) is 47.9 Å². The van der Waals surface area contributed by atoms with Crippen molar-refractivity contribution in [3.63, 3.8) is 0 Å². The largest absolute Gasteiger partial charge is 0.488 e. The molecule has 5 heteroatoms. The van der Waals surface area contributed by atoms with Gasteiger partial charge in [0, 0.05) is 17.4 Å². The molecular formula is C16H14O4S. The van der Waals surface area contributed by atoms with Gasteiger partial charge in [0.25, 0.3) is 0 Å². The molecule has 3 rings (SSSR count). The van der Waals surface area contributed by atoms with Crippen LogP contribution in [0.5, 0.6) is 17.2 Å².